The third-order valence-electron chi connectivity index (χ3n) is 5.65. The van der Waals surface area contributed by atoms with Crippen LogP contribution in [-0.4, -0.2) is 53.3 Å². The second-order valence-electron chi connectivity index (χ2n) is 9.88. The number of amides is 3. The molecule has 1 aromatic carbocycles. The standard InChI is InChI=1S/C28H31N3O6S3/c1-5-36-26(34)23-19-11-12-31(27(35)37-28(2,3)4)15-21(19)40-25(23)30-22(32)16-39-18-9-6-8-17(14-18)29-24(33)20-10-7-13-38-20/h6-10,13-14H,5,11-12,15-16H2,1-4H3,(H,29,33)(H,30,32). The van der Waals surface area contributed by atoms with Gasteiger partial charge < -0.3 is 25.0 Å². The molecule has 0 aliphatic carbocycles. The molecule has 4 rings (SSSR count). The first-order valence-electron chi connectivity index (χ1n) is 12.7. The lowest BCUT2D eigenvalue weighted by molar-refractivity contribution is -0.113. The summed E-state index contributed by atoms with van der Waals surface area (Å²) in [5, 5.41) is 8.00. The van der Waals surface area contributed by atoms with Crippen LogP contribution in [0.25, 0.3) is 0 Å². The minimum Gasteiger partial charge on any atom is -0.462 e. The first-order chi connectivity index (χ1) is 19.0. The highest BCUT2D eigenvalue weighted by Crippen LogP contribution is 2.38. The molecule has 2 N–H and O–H groups in total. The topological polar surface area (TPSA) is 114 Å². The van der Waals surface area contributed by atoms with Crippen molar-refractivity contribution in [3.63, 3.8) is 0 Å². The number of nitrogens with one attached hydrogen (secondary N) is 2. The van der Waals surface area contributed by atoms with Gasteiger partial charge in [0.05, 0.1) is 29.3 Å². The average Bonchev–Trinajstić information content (AvgIpc) is 3.55. The van der Waals surface area contributed by atoms with Gasteiger partial charge in [-0.25, -0.2) is 9.59 Å². The number of rotatable bonds is 8. The van der Waals surface area contributed by atoms with E-state index in [1.165, 1.54) is 34.4 Å². The van der Waals surface area contributed by atoms with Crippen LogP contribution in [0.4, 0.5) is 15.5 Å². The van der Waals surface area contributed by atoms with E-state index < -0.39 is 17.7 Å². The van der Waals surface area contributed by atoms with E-state index in [2.05, 4.69) is 10.6 Å². The highest BCUT2D eigenvalue weighted by Gasteiger charge is 2.32. The van der Waals surface area contributed by atoms with E-state index in [1.54, 1.807) is 24.0 Å². The Morgan fingerprint density at radius 1 is 1.10 bits per heavy atom. The van der Waals surface area contributed by atoms with Gasteiger partial charge in [0.25, 0.3) is 5.91 Å². The van der Waals surface area contributed by atoms with Crippen LogP contribution in [0, 0.1) is 0 Å². The van der Waals surface area contributed by atoms with Gasteiger partial charge in [-0.2, -0.15) is 0 Å². The predicted molar refractivity (Wildman–Crippen MR) is 159 cm³/mol. The number of thiophene rings is 2. The highest BCUT2D eigenvalue weighted by atomic mass is 32.2. The van der Waals surface area contributed by atoms with Crippen molar-refractivity contribution in [2.45, 2.75) is 51.2 Å². The van der Waals surface area contributed by atoms with E-state index in [4.69, 9.17) is 9.47 Å². The summed E-state index contributed by atoms with van der Waals surface area (Å²) in [4.78, 5) is 54.6. The maximum Gasteiger partial charge on any atom is 0.410 e. The van der Waals surface area contributed by atoms with Crippen LogP contribution in [0.3, 0.4) is 0 Å². The molecule has 3 aromatic rings. The van der Waals surface area contributed by atoms with Crippen molar-refractivity contribution in [2.75, 3.05) is 29.5 Å². The van der Waals surface area contributed by atoms with Crippen molar-refractivity contribution in [2.24, 2.45) is 0 Å². The van der Waals surface area contributed by atoms with Gasteiger partial charge in [0.2, 0.25) is 5.91 Å². The normalized spacial score (nSPS) is 12.8. The van der Waals surface area contributed by atoms with Crippen LogP contribution in [0.15, 0.2) is 46.7 Å². The van der Waals surface area contributed by atoms with E-state index >= 15 is 0 Å². The van der Waals surface area contributed by atoms with Crippen molar-refractivity contribution in [1.82, 2.24) is 4.90 Å². The molecule has 0 spiro atoms. The highest BCUT2D eigenvalue weighted by molar-refractivity contribution is 8.00. The molecule has 0 bridgehead atoms. The van der Waals surface area contributed by atoms with Gasteiger partial charge in [0.15, 0.2) is 0 Å². The minimum absolute atomic E-state index is 0.0944. The first kappa shape index (κ1) is 29.6. The van der Waals surface area contributed by atoms with E-state index in [-0.39, 0.29) is 30.7 Å². The molecule has 1 aliphatic heterocycles. The zero-order chi connectivity index (χ0) is 28.9. The monoisotopic (exact) mass is 601 g/mol. The van der Waals surface area contributed by atoms with Crippen LogP contribution in [-0.2, 0) is 27.2 Å². The summed E-state index contributed by atoms with van der Waals surface area (Å²) >= 11 is 3.95. The Bertz CT molecular complexity index is 1390. The first-order valence-corrected chi connectivity index (χ1v) is 15.4. The molecule has 12 heteroatoms. The van der Waals surface area contributed by atoms with Crippen LogP contribution in [0.1, 0.15) is 58.2 Å². The van der Waals surface area contributed by atoms with E-state index in [1.807, 2.05) is 50.4 Å². The van der Waals surface area contributed by atoms with Gasteiger partial charge >= 0.3 is 12.1 Å². The van der Waals surface area contributed by atoms with Crippen LogP contribution in [0.2, 0.25) is 0 Å². The number of esters is 1. The zero-order valence-corrected chi connectivity index (χ0v) is 25.1. The number of hydrogen-bond acceptors (Lipinski definition) is 9. The molecule has 1 aliphatic rings. The second-order valence-corrected chi connectivity index (χ2v) is 13.0. The van der Waals surface area contributed by atoms with Crippen LogP contribution < -0.4 is 10.6 Å². The summed E-state index contributed by atoms with van der Waals surface area (Å²) in [5.74, 6) is -0.876. The molecular formula is C28H31N3O6S3. The SMILES string of the molecule is CCOC(=O)c1c(NC(=O)CSc2cccc(NC(=O)c3cccs3)c2)sc2c1CCN(C(=O)OC(C)(C)C)C2. The molecule has 0 unspecified atom stereocenters. The van der Waals surface area contributed by atoms with Crippen molar-refractivity contribution >= 4 is 69.0 Å². The fourth-order valence-electron chi connectivity index (χ4n) is 3.97. The lowest BCUT2D eigenvalue weighted by Gasteiger charge is -2.30. The quantitative estimate of drug-likeness (QED) is 0.231. The fraction of sp³-hybridized carbons (Fsp3) is 0.357. The van der Waals surface area contributed by atoms with Crippen molar-refractivity contribution < 1.29 is 28.7 Å². The minimum atomic E-state index is -0.616. The van der Waals surface area contributed by atoms with Gasteiger partial charge in [-0.15, -0.1) is 34.4 Å². The molecule has 40 heavy (non-hydrogen) atoms. The predicted octanol–water partition coefficient (Wildman–Crippen LogP) is 6.26. The van der Waals surface area contributed by atoms with Crippen LogP contribution in [0.5, 0.6) is 0 Å². The van der Waals surface area contributed by atoms with Crippen molar-refractivity contribution in [3.8, 4) is 0 Å². The molecule has 212 valence electrons. The molecular weight excluding hydrogens is 571 g/mol. The summed E-state index contributed by atoms with van der Waals surface area (Å²) in [7, 11) is 0. The molecule has 3 heterocycles. The summed E-state index contributed by atoms with van der Waals surface area (Å²) in [6.07, 6.45) is 0.0356. The molecule has 0 fully saturated rings. The number of carbonyl (C=O) groups is 4. The number of benzene rings is 1. The maximum absolute atomic E-state index is 12.9. The second kappa shape index (κ2) is 12.9. The third-order valence-corrected chi connectivity index (χ3v) is 8.64. The Balaban J connectivity index is 1.43. The van der Waals surface area contributed by atoms with Crippen LogP contribution >= 0.6 is 34.4 Å². The maximum atomic E-state index is 12.9. The van der Waals surface area contributed by atoms with Crippen molar-refractivity contribution in [3.05, 3.63) is 62.7 Å². The summed E-state index contributed by atoms with van der Waals surface area (Å²) in [6, 6.07) is 10.8. The molecule has 0 radical (unpaired) electrons. The molecule has 0 saturated heterocycles. The average molecular weight is 602 g/mol. The summed E-state index contributed by atoms with van der Waals surface area (Å²) < 4.78 is 10.8. The number of thioether (sulfide) groups is 1. The largest absolute Gasteiger partial charge is 0.462 e. The Kier molecular flexibility index (Phi) is 9.54. The fourth-order valence-corrected chi connectivity index (χ4v) is 6.61. The number of anilines is 2. The summed E-state index contributed by atoms with van der Waals surface area (Å²) in [6.45, 7) is 8.06. The number of nitrogens with zero attached hydrogens (tertiary/aromatic N) is 1. The lowest BCUT2D eigenvalue weighted by atomic mass is 10.0. The Morgan fingerprint density at radius 2 is 1.90 bits per heavy atom. The Hall–Kier alpha value is -3.35. The van der Waals surface area contributed by atoms with E-state index in [0.29, 0.717) is 34.1 Å². The Labute approximate surface area is 245 Å². The van der Waals surface area contributed by atoms with Crippen molar-refractivity contribution in [1.29, 1.82) is 0 Å². The molecule has 0 saturated carbocycles. The smallest absolute Gasteiger partial charge is 0.410 e. The van der Waals surface area contributed by atoms with Gasteiger partial charge in [-0.05, 0) is 69.3 Å². The number of carbonyl (C=O) groups excluding carboxylic acids is 4. The van der Waals surface area contributed by atoms with Gasteiger partial charge in [-0.1, -0.05) is 12.1 Å². The molecule has 3 amide bonds. The third kappa shape index (κ3) is 7.64. The Morgan fingerprint density at radius 3 is 2.60 bits per heavy atom. The van der Waals surface area contributed by atoms with E-state index in [9.17, 15) is 19.2 Å². The van der Waals surface area contributed by atoms with Gasteiger partial charge in [-0.3, -0.25) is 9.59 Å². The number of fused-ring (bicyclic) bond motifs is 1. The van der Waals surface area contributed by atoms with Gasteiger partial charge in [0.1, 0.15) is 10.6 Å². The van der Waals surface area contributed by atoms with E-state index in [0.717, 1.165) is 15.3 Å². The molecule has 9 nitrogen and oxygen atoms in total. The lowest BCUT2D eigenvalue weighted by Crippen LogP contribution is -2.39. The van der Waals surface area contributed by atoms with Gasteiger partial charge in [0, 0.05) is 22.0 Å². The number of hydrogen-bond donors (Lipinski definition) is 2. The molecule has 0 atom stereocenters. The molecule has 2 aromatic heterocycles. The zero-order valence-electron chi connectivity index (χ0n) is 22.7. The number of ether oxygens (including phenoxy) is 2. The summed E-state index contributed by atoms with van der Waals surface area (Å²) in [5.41, 5.74) is 1.16.